The first kappa shape index (κ1) is 12.7. The lowest BCUT2D eigenvalue weighted by Gasteiger charge is -2.22. The van der Waals surface area contributed by atoms with Crippen molar-refractivity contribution in [2.75, 3.05) is 5.43 Å². The van der Waals surface area contributed by atoms with Crippen LogP contribution in [0.5, 0.6) is 0 Å². The summed E-state index contributed by atoms with van der Waals surface area (Å²) in [7, 11) is 0. The zero-order valence-electron chi connectivity index (χ0n) is 10.2. The molecule has 0 heterocycles. The Bertz CT molecular complexity index is 493. The van der Waals surface area contributed by atoms with E-state index in [9.17, 15) is 0 Å². The van der Waals surface area contributed by atoms with Crippen LogP contribution in [0.4, 0.5) is 5.69 Å². The Labute approximate surface area is 101 Å². The average Bonchev–Trinajstić information content (AvgIpc) is 2.29. The number of para-hydroxylation sites is 1. The topological polar surface area (TPSA) is 72.0 Å². The van der Waals surface area contributed by atoms with E-state index in [1.54, 1.807) is 12.1 Å². The quantitative estimate of drug-likeness (QED) is 0.622. The molecule has 4 nitrogen and oxygen atoms in total. The van der Waals surface area contributed by atoms with Gasteiger partial charge in [-0.2, -0.15) is 15.6 Å². The maximum absolute atomic E-state index is 8.59. The first-order valence-corrected chi connectivity index (χ1v) is 5.22. The molecule has 0 aliphatic rings. The van der Waals surface area contributed by atoms with Crippen LogP contribution < -0.4 is 5.43 Å². The summed E-state index contributed by atoms with van der Waals surface area (Å²) < 4.78 is 0. The second kappa shape index (κ2) is 5.14. The SMILES string of the molecule is CC(C)(C)c1ccccc1NN=C(C#N)C#N. The Morgan fingerprint density at radius 2 is 1.76 bits per heavy atom. The van der Waals surface area contributed by atoms with Crippen molar-refractivity contribution in [3.8, 4) is 12.1 Å². The number of hydrogen-bond donors (Lipinski definition) is 1. The highest BCUT2D eigenvalue weighted by Gasteiger charge is 2.17. The van der Waals surface area contributed by atoms with E-state index in [-0.39, 0.29) is 11.1 Å². The zero-order valence-corrected chi connectivity index (χ0v) is 10.2. The Hall–Kier alpha value is -2.33. The molecule has 0 amide bonds. The highest BCUT2D eigenvalue weighted by atomic mass is 15.3. The van der Waals surface area contributed by atoms with Crippen molar-refractivity contribution in [3.63, 3.8) is 0 Å². The number of nitrogens with one attached hydrogen (secondary N) is 1. The van der Waals surface area contributed by atoms with Gasteiger partial charge in [-0.05, 0) is 17.0 Å². The molecule has 0 atom stereocenters. The van der Waals surface area contributed by atoms with Crippen LogP contribution in [-0.2, 0) is 5.41 Å². The molecule has 0 saturated carbocycles. The van der Waals surface area contributed by atoms with E-state index in [4.69, 9.17) is 10.5 Å². The van der Waals surface area contributed by atoms with Gasteiger partial charge in [-0.1, -0.05) is 39.0 Å². The molecule has 17 heavy (non-hydrogen) atoms. The fourth-order valence-electron chi connectivity index (χ4n) is 1.43. The summed E-state index contributed by atoms with van der Waals surface area (Å²) in [5, 5.41) is 20.9. The number of rotatable bonds is 2. The Morgan fingerprint density at radius 1 is 1.18 bits per heavy atom. The van der Waals surface area contributed by atoms with E-state index in [0.717, 1.165) is 11.3 Å². The van der Waals surface area contributed by atoms with Gasteiger partial charge in [-0.3, -0.25) is 5.43 Å². The second-order valence-corrected chi connectivity index (χ2v) is 4.59. The molecule has 1 aromatic rings. The maximum Gasteiger partial charge on any atom is 0.237 e. The molecule has 0 aliphatic heterocycles. The summed E-state index contributed by atoms with van der Waals surface area (Å²) >= 11 is 0. The predicted octanol–water partition coefficient (Wildman–Crippen LogP) is 2.80. The molecule has 0 radical (unpaired) electrons. The molecule has 0 unspecified atom stereocenters. The van der Waals surface area contributed by atoms with Gasteiger partial charge in [0.1, 0.15) is 12.1 Å². The van der Waals surface area contributed by atoms with Crippen LogP contribution in [0.15, 0.2) is 29.4 Å². The molecule has 0 spiro atoms. The van der Waals surface area contributed by atoms with Crippen LogP contribution in [0.25, 0.3) is 0 Å². The van der Waals surface area contributed by atoms with Gasteiger partial charge in [0.15, 0.2) is 0 Å². The fourth-order valence-corrected chi connectivity index (χ4v) is 1.43. The van der Waals surface area contributed by atoms with E-state index in [0.29, 0.717) is 0 Å². The van der Waals surface area contributed by atoms with Gasteiger partial charge < -0.3 is 0 Å². The lowest BCUT2D eigenvalue weighted by molar-refractivity contribution is 0.592. The molecule has 1 rings (SSSR count). The lowest BCUT2D eigenvalue weighted by atomic mass is 9.86. The third-order valence-electron chi connectivity index (χ3n) is 2.24. The molecule has 0 aliphatic carbocycles. The van der Waals surface area contributed by atoms with E-state index >= 15 is 0 Å². The minimum atomic E-state index is -0.186. The van der Waals surface area contributed by atoms with Gasteiger partial charge >= 0.3 is 0 Å². The summed E-state index contributed by atoms with van der Waals surface area (Å²) in [5.74, 6) is 0. The third-order valence-corrected chi connectivity index (χ3v) is 2.24. The predicted molar refractivity (Wildman–Crippen MR) is 67.4 cm³/mol. The van der Waals surface area contributed by atoms with Crippen molar-refractivity contribution in [2.24, 2.45) is 5.10 Å². The van der Waals surface area contributed by atoms with Crippen LogP contribution >= 0.6 is 0 Å². The van der Waals surface area contributed by atoms with Crippen molar-refractivity contribution >= 4 is 11.4 Å². The Balaban J connectivity index is 3.06. The van der Waals surface area contributed by atoms with Crippen molar-refractivity contribution in [1.29, 1.82) is 10.5 Å². The van der Waals surface area contributed by atoms with E-state index < -0.39 is 0 Å². The Morgan fingerprint density at radius 3 is 2.29 bits per heavy atom. The molecular formula is C13H14N4. The number of anilines is 1. The van der Waals surface area contributed by atoms with Gasteiger partial charge in [0.25, 0.3) is 0 Å². The van der Waals surface area contributed by atoms with Crippen molar-refractivity contribution in [1.82, 2.24) is 0 Å². The average molecular weight is 226 g/mol. The highest BCUT2D eigenvalue weighted by Crippen LogP contribution is 2.29. The van der Waals surface area contributed by atoms with E-state index in [1.807, 2.05) is 24.3 Å². The molecule has 1 aromatic carbocycles. The van der Waals surface area contributed by atoms with Gasteiger partial charge in [-0.25, -0.2) is 0 Å². The number of hydrogen-bond acceptors (Lipinski definition) is 4. The molecule has 0 bridgehead atoms. The van der Waals surface area contributed by atoms with Gasteiger partial charge in [0, 0.05) is 0 Å². The maximum atomic E-state index is 8.59. The van der Waals surface area contributed by atoms with Crippen LogP contribution in [0.2, 0.25) is 0 Å². The highest BCUT2D eigenvalue weighted by molar-refractivity contribution is 6.10. The number of benzene rings is 1. The van der Waals surface area contributed by atoms with Crippen molar-refractivity contribution in [3.05, 3.63) is 29.8 Å². The monoisotopic (exact) mass is 226 g/mol. The van der Waals surface area contributed by atoms with E-state index in [1.165, 1.54) is 0 Å². The zero-order chi connectivity index (χ0) is 12.9. The summed E-state index contributed by atoms with van der Waals surface area (Å²) in [5.41, 5.74) is 4.44. The van der Waals surface area contributed by atoms with Gasteiger partial charge in [0.2, 0.25) is 5.71 Å². The fraction of sp³-hybridized carbons (Fsp3) is 0.308. The van der Waals surface area contributed by atoms with Gasteiger partial charge in [-0.15, -0.1) is 0 Å². The Kier molecular flexibility index (Phi) is 3.85. The van der Waals surface area contributed by atoms with Crippen LogP contribution in [0.3, 0.4) is 0 Å². The largest absolute Gasteiger partial charge is 0.276 e. The standard InChI is InChI=1S/C13H14N4/c1-13(2,3)11-6-4-5-7-12(11)17-16-10(8-14)9-15/h4-7,17H,1-3H3. The molecule has 0 aromatic heterocycles. The molecule has 0 saturated heterocycles. The van der Waals surface area contributed by atoms with Gasteiger partial charge in [0.05, 0.1) is 5.69 Å². The molecule has 86 valence electrons. The minimum absolute atomic E-state index is 0.0292. The van der Waals surface area contributed by atoms with Crippen LogP contribution in [0.1, 0.15) is 26.3 Å². The molecular weight excluding hydrogens is 212 g/mol. The number of hydrazone groups is 1. The summed E-state index contributed by atoms with van der Waals surface area (Å²) in [6, 6.07) is 11.1. The summed E-state index contributed by atoms with van der Waals surface area (Å²) in [4.78, 5) is 0. The third kappa shape index (κ3) is 3.32. The van der Waals surface area contributed by atoms with Crippen LogP contribution in [0, 0.1) is 22.7 Å². The number of nitrogens with zero attached hydrogens (tertiary/aromatic N) is 3. The second-order valence-electron chi connectivity index (χ2n) is 4.59. The first-order valence-electron chi connectivity index (χ1n) is 5.22. The summed E-state index contributed by atoms with van der Waals surface area (Å²) in [6.45, 7) is 6.27. The smallest absolute Gasteiger partial charge is 0.237 e. The summed E-state index contributed by atoms with van der Waals surface area (Å²) in [6.07, 6.45) is 0. The number of nitriles is 2. The molecule has 1 N–H and O–H groups in total. The first-order chi connectivity index (χ1) is 7.99. The van der Waals surface area contributed by atoms with Crippen LogP contribution in [-0.4, -0.2) is 5.71 Å². The normalized spacial score (nSPS) is 9.94. The molecule has 4 heteroatoms. The van der Waals surface area contributed by atoms with Crippen molar-refractivity contribution < 1.29 is 0 Å². The lowest BCUT2D eigenvalue weighted by Crippen LogP contribution is -2.13. The van der Waals surface area contributed by atoms with E-state index in [2.05, 4.69) is 31.3 Å². The molecule has 0 fully saturated rings. The minimum Gasteiger partial charge on any atom is -0.276 e. The van der Waals surface area contributed by atoms with Crippen molar-refractivity contribution in [2.45, 2.75) is 26.2 Å².